The summed E-state index contributed by atoms with van der Waals surface area (Å²) in [6.45, 7) is 0. The molecule has 8 atom stereocenters. The number of fused-ring (bicyclic) bond motifs is 13. The average molecular weight is 489 g/mol. The molecule has 4 bridgehead atoms. The standard InChI is InChI=1S/C31H24N2O4/c34-28-24-16-1-2-17(10-16)25(24)29(35)32(28)20-7-5-14-9-15-6-8-21(13-23(15)22(14)12-20)33-30(36)26-18-3-4-19(11-18)27(26)31(33)37/h1-8,12-13,16-19,24-27H,9-11H2/t16-,17-,18-,19-,24-,25+,26-,27+/m0/s1. The second-order valence-electron chi connectivity index (χ2n) is 11.9. The summed E-state index contributed by atoms with van der Waals surface area (Å²) in [5.41, 5.74) is 5.41. The van der Waals surface area contributed by atoms with E-state index in [9.17, 15) is 19.2 Å². The van der Waals surface area contributed by atoms with E-state index in [2.05, 4.69) is 24.3 Å². The first-order valence-electron chi connectivity index (χ1n) is 13.4. The largest absolute Gasteiger partial charge is 0.274 e. The predicted octanol–water partition coefficient (Wildman–Crippen LogP) is 3.88. The van der Waals surface area contributed by atoms with Crippen molar-refractivity contribution in [2.45, 2.75) is 19.3 Å². The minimum atomic E-state index is -0.230. The predicted molar refractivity (Wildman–Crippen MR) is 135 cm³/mol. The molecule has 37 heavy (non-hydrogen) atoms. The molecule has 4 amide bonds. The van der Waals surface area contributed by atoms with Crippen LogP contribution in [0.2, 0.25) is 0 Å². The van der Waals surface area contributed by atoms with Crippen LogP contribution in [0.15, 0.2) is 60.7 Å². The molecular formula is C31H24N2O4. The molecule has 2 aliphatic heterocycles. The summed E-state index contributed by atoms with van der Waals surface area (Å²) < 4.78 is 0. The zero-order valence-electron chi connectivity index (χ0n) is 20.0. The van der Waals surface area contributed by atoms with E-state index in [1.165, 1.54) is 9.80 Å². The maximum Gasteiger partial charge on any atom is 0.238 e. The van der Waals surface area contributed by atoms with E-state index >= 15 is 0 Å². The molecule has 2 saturated heterocycles. The van der Waals surface area contributed by atoms with E-state index in [-0.39, 0.29) is 71.0 Å². The Morgan fingerprint density at radius 2 is 0.865 bits per heavy atom. The molecule has 4 fully saturated rings. The zero-order valence-corrected chi connectivity index (χ0v) is 20.0. The van der Waals surface area contributed by atoms with Gasteiger partial charge >= 0.3 is 0 Å². The van der Waals surface area contributed by atoms with Gasteiger partial charge in [-0.2, -0.15) is 0 Å². The number of rotatable bonds is 2. The van der Waals surface area contributed by atoms with E-state index < -0.39 is 0 Å². The molecule has 2 heterocycles. The van der Waals surface area contributed by atoms with Crippen LogP contribution in [-0.2, 0) is 25.6 Å². The van der Waals surface area contributed by atoms with Gasteiger partial charge in [-0.05, 0) is 89.5 Å². The first-order chi connectivity index (χ1) is 18.0. The Balaban J connectivity index is 1.08. The van der Waals surface area contributed by atoms with Gasteiger partial charge in [0, 0.05) is 0 Å². The maximum absolute atomic E-state index is 13.4. The van der Waals surface area contributed by atoms with E-state index in [0.717, 1.165) is 41.5 Å². The summed E-state index contributed by atoms with van der Waals surface area (Å²) in [4.78, 5) is 56.3. The number of allylic oxidation sites excluding steroid dienone is 4. The van der Waals surface area contributed by atoms with Gasteiger partial charge in [0.1, 0.15) is 0 Å². The van der Waals surface area contributed by atoms with Crippen molar-refractivity contribution in [3.63, 3.8) is 0 Å². The topological polar surface area (TPSA) is 74.8 Å². The maximum atomic E-state index is 13.4. The third-order valence-electron chi connectivity index (χ3n) is 10.3. The highest BCUT2D eigenvalue weighted by Crippen LogP contribution is 2.55. The Labute approximate surface area is 213 Å². The second-order valence-corrected chi connectivity index (χ2v) is 11.9. The number of nitrogens with zero attached hydrogens (tertiary/aromatic N) is 2. The third kappa shape index (κ3) is 2.33. The first-order valence-corrected chi connectivity index (χ1v) is 13.4. The molecular weight excluding hydrogens is 464 g/mol. The smallest absolute Gasteiger partial charge is 0.238 e. The van der Waals surface area contributed by atoms with Gasteiger partial charge < -0.3 is 0 Å². The van der Waals surface area contributed by atoms with Gasteiger partial charge in [-0.15, -0.1) is 0 Å². The van der Waals surface area contributed by atoms with Crippen LogP contribution in [-0.4, -0.2) is 23.6 Å². The first kappa shape index (κ1) is 20.3. The van der Waals surface area contributed by atoms with Crippen molar-refractivity contribution in [3.05, 3.63) is 71.8 Å². The molecule has 6 nitrogen and oxygen atoms in total. The highest BCUT2D eigenvalue weighted by molar-refractivity contribution is 6.24. The van der Waals surface area contributed by atoms with Crippen molar-refractivity contribution in [2.75, 3.05) is 9.80 Å². The number of hydrogen-bond donors (Lipinski definition) is 0. The summed E-state index contributed by atoms with van der Waals surface area (Å²) in [7, 11) is 0. The van der Waals surface area contributed by atoms with Crippen LogP contribution in [0.4, 0.5) is 11.4 Å². The van der Waals surface area contributed by atoms with Crippen molar-refractivity contribution >= 4 is 35.0 Å². The van der Waals surface area contributed by atoms with E-state index in [0.29, 0.717) is 11.4 Å². The number of benzene rings is 2. The SMILES string of the molecule is O=C1[C@@H]2[C@H](C(=O)N1c1ccc3c(c1)-c1cc(N4C(=O)[C@@H]5[C@H](C4=O)[C@H]4C=C[C@H]5C4)ccc1C3)[C@H]1C=C[C@H]2C1. The molecule has 6 heteroatoms. The Morgan fingerprint density at radius 3 is 1.22 bits per heavy atom. The zero-order chi connectivity index (χ0) is 24.7. The van der Waals surface area contributed by atoms with E-state index in [1.807, 2.05) is 36.4 Å². The number of anilines is 2. The Kier molecular flexibility index (Phi) is 3.59. The van der Waals surface area contributed by atoms with Crippen LogP contribution in [0, 0.1) is 47.3 Å². The molecule has 2 aromatic rings. The molecule has 5 aliphatic carbocycles. The highest BCUT2D eigenvalue weighted by atomic mass is 16.2. The Bertz CT molecular complexity index is 1390. The quantitative estimate of drug-likeness (QED) is 0.405. The molecule has 9 rings (SSSR count). The molecule has 0 unspecified atom stereocenters. The molecule has 2 saturated carbocycles. The lowest BCUT2D eigenvalue weighted by Gasteiger charge is -2.19. The molecule has 2 aromatic carbocycles. The number of amides is 4. The second kappa shape index (κ2) is 6.55. The number of imide groups is 2. The van der Waals surface area contributed by atoms with E-state index in [4.69, 9.17) is 0 Å². The van der Waals surface area contributed by atoms with Crippen molar-refractivity contribution in [2.24, 2.45) is 47.3 Å². The van der Waals surface area contributed by atoms with Crippen LogP contribution in [0.3, 0.4) is 0 Å². The lowest BCUT2D eigenvalue weighted by atomic mass is 9.85. The normalized spacial score (nSPS) is 37.3. The van der Waals surface area contributed by atoms with Crippen molar-refractivity contribution in [1.29, 1.82) is 0 Å². The number of hydrogen-bond acceptors (Lipinski definition) is 4. The fourth-order valence-corrected chi connectivity index (χ4v) is 8.74. The number of carbonyl (C=O) groups excluding carboxylic acids is 4. The van der Waals surface area contributed by atoms with Crippen LogP contribution >= 0.6 is 0 Å². The van der Waals surface area contributed by atoms with Crippen LogP contribution in [0.5, 0.6) is 0 Å². The van der Waals surface area contributed by atoms with Gasteiger partial charge in [0.25, 0.3) is 0 Å². The van der Waals surface area contributed by atoms with Crippen molar-refractivity contribution in [3.8, 4) is 11.1 Å². The minimum absolute atomic E-state index is 0.0817. The van der Waals surface area contributed by atoms with E-state index in [1.54, 1.807) is 0 Å². The lowest BCUT2D eigenvalue weighted by Crippen LogP contribution is -2.33. The van der Waals surface area contributed by atoms with Crippen LogP contribution in [0.25, 0.3) is 11.1 Å². The average Bonchev–Trinajstić information content (AvgIpc) is 3.74. The summed E-state index contributed by atoms with van der Waals surface area (Å²) in [5.74, 6) is -0.546. The van der Waals surface area contributed by atoms with Crippen molar-refractivity contribution < 1.29 is 19.2 Å². The molecule has 0 N–H and O–H groups in total. The molecule has 0 radical (unpaired) electrons. The highest BCUT2D eigenvalue weighted by Gasteiger charge is 2.60. The summed E-state index contributed by atoms with van der Waals surface area (Å²) in [5, 5.41) is 0. The summed E-state index contributed by atoms with van der Waals surface area (Å²) in [6, 6.07) is 11.7. The molecule has 0 aromatic heterocycles. The van der Waals surface area contributed by atoms with Gasteiger partial charge in [0.15, 0.2) is 0 Å². The van der Waals surface area contributed by atoms with Crippen molar-refractivity contribution in [1.82, 2.24) is 0 Å². The fourth-order valence-electron chi connectivity index (χ4n) is 8.74. The van der Waals surface area contributed by atoms with Crippen LogP contribution in [0.1, 0.15) is 24.0 Å². The number of carbonyl (C=O) groups is 4. The molecule has 0 spiro atoms. The lowest BCUT2D eigenvalue weighted by molar-refractivity contribution is -0.124. The molecule has 7 aliphatic rings. The minimum Gasteiger partial charge on any atom is -0.274 e. The summed E-state index contributed by atoms with van der Waals surface area (Å²) >= 11 is 0. The summed E-state index contributed by atoms with van der Waals surface area (Å²) in [6.07, 6.45) is 11.0. The van der Waals surface area contributed by atoms with Gasteiger partial charge in [0.05, 0.1) is 35.0 Å². The fraction of sp³-hybridized carbons (Fsp3) is 0.355. The monoisotopic (exact) mass is 488 g/mol. The Hall–Kier alpha value is -3.80. The Morgan fingerprint density at radius 1 is 0.514 bits per heavy atom. The van der Waals surface area contributed by atoms with Gasteiger partial charge in [-0.3, -0.25) is 19.2 Å². The van der Waals surface area contributed by atoms with Crippen LogP contribution < -0.4 is 9.80 Å². The van der Waals surface area contributed by atoms with Gasteiger partial charge in [-0.1, -0.05) is 36.4 Å². The van der Waals surface area contributed by atoms with Gasteiger partial charge in [-0.25, -0.2) is 9.80 Å². The van der Waals surface area contributed by atoms with Gasteiger partial charge in [0.2, 0.25) is 23.6 Å². The molecule has 182 valence electrons. The third-order valence-corrected chi connectivity index (χ3v) is 10.3.